The lowest BCUT2D eigenvalue weighted by atomic mass is 9.94. The van der Waals surface area contributed by atoms with E-state index in [1.165, 1.54) is 26.4 Å². The number of likely N-dealkylation sites (tertiary alicyclic amines) is 1. The Hall–Kier alpha value is -1.06. The van der Waals surface area contributed by atoms with Gasteiger partial charge >= 0.3 is 5.97 Å². The van der Waals surface area contributed by atoms with Crippen molar-refractivity contribution in [1.82, 2.24) is 4.90 Å². The van der Waals surface area contributed by atoms with Crippen LogP contribution in [0.2, 0.25) is 0 Å². The monoisotopic (exact) mass is 225 g/mol. The van der Waals surface area contributed by atoms with Crippen LogP contribution in [0.5, 0.6) is 0 Å². The van der Waals surface area contributed by atoms with Crippen LogP contribution in [-0.4, -0.2) is 36.5 Å². The van der Waals surface area contributed by atoms with Crippen LogP contribution in [-0.2, 0) is 14.3 Å². The third kappa shape index (κ3) is 2.20. The number of hydrogen-bond donors (Lipinski definition) is 0. The number of amides is 1. The summed E-state index contributed by atoms with van der Waals surface area (Å²) in [4.78, 5) is 25.1. The molecule has 16 heavy (non-hydrogen) atoms. The molecule has 1 atom stereocenters. The molecule has 2 rings (SSSR count). The van der Waals surface area contributed by atoms with Gasteiger partial charge in [-0.15, -0.1) is 0 Å². The number of hydrogen-bond acceptors (Lipinski definition) is 3. The predicted octanol–water partition coefficient (Wildman–Crippen LogP) is 1.34. The maximum absolute atomic E-state index is 11.8. The number of esters is 1. The van der Waals surface area contributed by atoms with Crippen molar-refractivity contribution < 1.29 is 14.3 Å². The van der Waals surface area contributed by atoms with Crippen molar-refractivity contribution in [1.29, 1.82) is 0 Å². The van der Waals surface area contributed by atoms with Gasteiger partial charge in [-0.25, -0.2) is 0 Å². The molecule has 1 heterocycles. The first-order valence-electron chi connectivity index (χ1n) is 6.09. The number of nitrogens with zero attached hydrogens (tertiary/aromatic N) is 1. The van der Waals surface area contributed by atoms with Gasteiger partial charge in [0.25, 0.3) is 0 Å². The number of methoxy groups -OCH3 is 1. The summed E-state index contributed by atoms with van der Waals surface area (Å²) in [7, 11) is 1.38. The van der Waals surface area contributed by atoms with E-state index in [1.807, 2.05) is 4.90 Å². The molecule has 1 aliphatic carbocycles. The molecule has 1 unspecified atom stereocenters. The number of carbonyl (C=O) groups excluding carboxylic acids is 2. The van der Waals surface area contributed by atoms with E-state index in [9.17, 15) is 9.59 Å². The lowest BCUT2D eigenvalue weighted by molar-refractivity contribution is -0.145. The van der Waals surface area contributed by atoms with Gasteiger partial charge in [-0.3, -0.25) is 9.59 Å². The van der Waals surface area contributed by atoms with E-state index >= 15 is 0 Å². The Morgan fingerprint density at radius 3 is 2.62 bits per heavy atom. The van der Waals surface area contributed by atoms with Crippen LogP contribution in [0.15, 0.2) is 0 Å². The van der Waals surface area contributed by atoms with Crippen molar-refractivity contribution >= 4 is 11.9 Å². The van der Waals surface area contributed by atoms with E-state index in [0.717, 1.165) is 12.8 Å². The molecule has 1 saturated heterocycles. The highest BCUT2D eigenvalue weighted by Gasteiger charge is 2.38. The molecule has 2 fully saturated rings. The highest BCUT2D eigenvalue weighted by Crippen LogP contribution is 2.28. The largest absolute Gasteiger partial charge is 0.469 e. The molecule has 1 amide bonds. The summed E-state index contributed by atoms with van der Waals surface area (Å²) in [6, 6.07) is 0.371. The van der Waals surface area contributed by atoms with Crippen LogP contribution < -0.4 is 0 Å². The van der Waals surface area contributed by atoms with Crippen molar-refractivity contribution in [2.24, 2.45) is 5.92 Å². The van der Waals surface area contributed by atoms with Crippen molar-refractivity contribution in [3.8, 4) is 0 Å². The zero-order valence-corrected chi connectivity index (χ0v) is 9.78. The van der Waals surface area contributed by atoms with E-state index in [-0.39, 0.29) is 17.8 Å². The van der Waals surface area contributed by atoms with Crippen LogP contribution in [0.3, 0.4) is 0 Å². The average Bonchev–Trinajstić information content (AvgIpc) is 2.71. The summed E-state index contributed by atoms with van der Waals surface area (Å²) in [5.74, 6) is -0.353. The first-order chi connectivity index (χ1) is 7.72. The Morgan fingerprint density at radius 1 is 1.31 bits per heavy atom. The normalized spacial score (nSPS) is 27.2. The van der Waals surface area contributed by atoms with Gasteiger partial charge in [0.1, 0.15) is 0 Å². The second kappa shape index (κ2) is 4.85. The first-order valence-corrected chi connectivity index (χ1v) is 6.09. The summed E-state index contributed by atoms with van der Waals surface area (Å²) < 4.78 is 4.70. The maximum atomic E-state index is 11.8. The van der Waals surface area contributed by atoms with Gasteiger partial charge in [0.05, 0.1) is 13.0 Å². The smallest absolute Gasteiger partial charge is 0.310 e. The summed E-state index contributed by atoms with van der Waals surface area (Å²) in [5.41, 5.74) is 0. The molecule has 2 aliphatic rings. The van der Waals surface area contributed by atoms with Crippen LogP contribution in [0.4, 0.5) is 0 Å². The van der Waals surface area contributed by atoms with Crippen molar-refractivity contribution in [3.05, 3.63) is 0 Å². The van der Waals surface area contributed by atoms with Gasteiger partial charge in [0.15, 0.2) is 0 Å². The maximum Gasteiger partial charge on any atom is 0.310 e. The zero-order valence-electron chi connectivity index (χ0n) is 9.78. The van der Waals surface area contributed by atoms with E-state index in [2.05, 4.69) is 0 Å². The number of rotatable bonds is 2. The van der Waals surface area contributed by atoms with Crippen LogP contribution in [0, 0.1) is 5.92 Å². The molecule has 0 spiro atoms. The molecule has 0 radical (unpaired) electrons. The third-order valence-electron chi connectivity index (χ3n) is 3.71. The van der Waals surface area contributed by atoms with Gasteiger partial charge < -0.3 is 9.64 Å². The second-order valence-corrected chi connectivity index (χ2v) is 4.76. The molecule has 90 valence electrons. The van der Waals surface area contributed by atoms with Crippen molar-refractivity contribution in [3.63, 3.8) is 0 Å². The highest BCUT2D eigenvalue weighted by molar-refractivity contribution is 5.86. The van der Waals surface area contributed by atoms with Crippen LogP contribution in [0.1, 0.15) is 38.5 Å². The fourth-order valence-corrected chi connectivity index (χ4v) is 2.80. The molecule has 0 aromatic carbocycles. The fraction of sp³-hybridized carbons (Fsp3) is 0.833. The fourth-order valence-electron chi connectivity index (χ4n) is 2.80. The Balaban J connectivity index is 1.96. The van der Waals surface area contributed by atoms with Gasteiger partial charge in [0, 0.05) is 19.0 Å². The molecule has 4 nitrogen and oxygen atoms in total. The Bertz CT molecular complexity index is 284. The highest BCUT2D eigenvalue weighted by atomic mass is 16.5. The lowest BCUT2D eigenvalue weighted by Crippen LogP contribution is -2.38. The third-order valence-corrected chi connectivity index (χ3v) is 3.71. The Kier molecular flexibility index (Phi) is 3.46. The van der Waals surface area contributed by atoms with Gasteiger partial charge in [-0.05, 0) is 12.8 Å². The van der Waals surface area contributed by atoms with E-state index in [1.54, 1.807) is 0 Å². The van der Waals surface area contributed by atoms with Crippen LogP contribution in [0.25, 0.3) is 0 Å². The predicted molar refractivity (Wildman–Crippen MR) is 58.7 cm³/mol. The van der Waals surface area contributed by atoms with Crippen molar-refractivity contribution in [2.75, 3.05) is 13.7 Å². The summed E-state index contributed by atoms with van der Waals surface area (Å²) >= 11 is 0. The molecule has 0 aromatic heterocycles. The van der Waals surface area contributed by atoms with Crippen molar-refractivity contribution in [2.45, 2.75) is 44.6 Å². The van der Waals surface area contributed by atoms with Crippen LogP contribution >= 0.6 is 0 Å². The lowest BCUT2D eigenvalue weighted by Gasteiger charge is -2.31. The Labute approximate surface area is 95.9 Å². The Morgan fingerprint density at radius 2 is 2.00 bits per heavy atom. The minimum Gasteiger partial charge on any atom is -0.469 e. The minimum atomic E-state index is -0.244. The number of ether oxygens (including phenoxy) is 1. The molecular weight excluding hydrogens is 206 g/mol. The quantitative estimate of drug-likeness (QED) is 0.666. The molecule has 0 N–H and O–H groups in total. The average molecular weight is 225 g/mol. The zero-order chi connectivity index (χ0) is 11.5. The topological polar surface area (TPSA) is 46.6 Å². The summed E-state index contributed by atoms with van der Waals surface area (Å²) in [5, 5.41) is 0. The van der Waals surface area contributed by atoms with Gasteiger partial charge in [-0.2, -0.15) is 0 Å². The molecular formula is C12H19NO3. The molecule has 0 bridgehead atoms. The van der Waals surface area contributed by atoms with E-state index in [0.29, 0.717) is 19.0 Å². The van der Waals surface area contributed by atoms with E-state index < -0.39 is 0 Å². The standard InChI is InChI=1S/C12H19NO3/c1-16-12(15)9-7-11(14)13(8-9)10-5-3-2-4-6-10/h9-10H,2-8H2,1H3. The molecule has 0 aromatic rings. The molecule has 1 saturated carbocycles. The summed E-state index contributed by atoms with van der Waals surface area (Å²) in [6.07, 6.45) is 6.22. The number of carbonyl (C=O) groups is 2. The first kappa shape index (κ1) is 11.4. The minimum absolute atomic E-state index is 0.127. The van der Waals surface area contributed by atoms with E-state index in [4.69, 9.17) is 4.74 Å². The summed E-state index contributed by atoms with van der Waals surface area (Å²) in [6.45, 7) is 0.566. The van der Waals surface area contributed by atoms with Gasteiger partial charge in [0.2, 0.25) is 5.91 Å². The van der Waals surface area contributed by atoms with Gasteiger partial charge in [-0.1, -0.05) is 19.3 Å². The molecule has 4 heteroatoms. The molecule has 1 aliphatic heterocycles. The second-order valence-electron chi connectivity index (χ2n) is 4.76. The SMILES string of the molecule is COC(=O)C1CC(=O)N(C2CCCCC2)C1.